The summed E-state index contributed by atoms with van der Waals surface area (Å²) in [4.78, 5) is 38.2. The third-order valence-electron chi connectivity index (χ3n) is 5.76. The molecule has 2 aromatic carbocycles. The summed E-state index contributed by atoms with van der Waals surface area (Å²) in [5.41, 5.74) is 2.96. The molecule has 2 heterocycles. The maximum atomic E-state index is 13.2. The third kappa shape index (κ3) is 4.03. The lowest BCUT2D eigenvalue weighted by molar-refractivity contribution is -0.120. The van der Waals surface area contributed by atoms with Gasteiger partial charge in [0.1, 0.15) is 11.6 Å². The van der Waals surface area contributed by atoms with Crippen LogP contribution in [0.4, 0.5) is 10.5 Å². The molecule has 0 radical (unpaired) electrons. The van der Waals surface area contributed by atoms with Crippen LogP contribution in [0.3, 0.4) is 0 Å². The summed E-state index contributed by atoms with van der Waals surface area (Å²) in [7, 11) is 0. The zero-order valence-corrected chi connectivity index (χ0v) is 17.8. The average Bonchev–Trinajstić information content (AvgIpc) is 3.38. The molecule has 1 aliphatic rings. The van der Waals surface area contributed by atoms with E-state index in [9.17, 15) is 19.5 Å². The molecule has 8 nitrogen and oxygen atoms in total. The van der Waals surface area contributed by atoms with Gasteiger partial charge in [0.2, 0.25) is 11.7 Å². The van der Waals surface area contributed by atoms with Crippen LogP contribution < -0.4 is 5.32 Å². The number of hydrogen-bond acceptors (Lipinski definition) is 5. The van der Waals surface area contributed by atoms with Crippen LogP contribution in [0.1, 0.15) is 40.9 Å². The lowest BCUT2D eigenvalue weighted by Gasteiger charge is -2.26. The summed E-state index contributed by atoms with van der Waals surface area (Å²) in [6.45, 7) is 4.19. The normalized spacial score (nSPS) is 18.0. The van der Waals surface area contributed by atoms with Crippen LogP contribution in [0.25, 0.3) is 11.0 Å². The first-order valence-corrected chi connectivity index (χ1v) is 10.5. The van der Waals surface area contributed by atoms with Crippen molar-refractivity contribution in [2.24, 2.45) is 0 Å². The molecule has 1 saturated heterocycles. The molecule has 8 heteroatoms. The number of aryl methyl sites for hydroxylation is 1. The number of ether oxygens (including phenoxy) is 1. The minimum absolute atomic E-state index is 0.0813. The predicted octanol–water partition coefficient (Wildman–Crippen LogP) is 4.39. The van der Waals surface area contributed by atoms with Gasteiger partial charge in [-0.05, 0) is 55.7 Å². The molecule has 2 N–H and O–H groups in total. The van der Waals surface area contributed by atoms with Gasteiger partial charge < -0.3 is 19.6 Å². The summed E-state index contributed by atoms with van der Waals surface area (Å²) in [6.07, 6.45) is -0.551. The molecular formula is C24H24N2O6. The number of esters is 1. The molecule has 0 spiro atoms. The smallest absolute Gasteiger partial charge is 0.408 e. The number of likely N-dealkylation sites (tertiary alicyclic amines) is 1. The lowest BCUT2D eigenvalue weighted by atomic mass is 9.88. The van der Waals surface area contributed by atoms with Crippen LogP contribution in [0.15, 0.2) is 52.9 Å². The topological polar surface area (TPSA) is 109 Å². The van der Waals surface area contributed by atoms with Crippen molar-refractivity contribution in [3.63, 3.8) is 0 Å². The van der Waals surface area contributed by atoms with E-state index in [1.165, 1.54) is 4.90 Å². The maximum Gasteiger partial charge on any atom is 0.408 e. The molecular weight excluding hydrogens is 412 g/mol. The Morgan fingerprint density at radius 1 is 1.19 bits per heavy atom. The van der Waals surface area contributed by atoms with Crippen LogP contribution in [-0.4, -0.2) is 47.2 Å². The maximum absolute atomic E-state index is 13.2. The fourth-order valence-electron chi connectivity index (χ4n) is 4.30. The van der Waals surface area contributed by atoms with Crippen LogP contribution in [-0.2, 0) is 9.53 Å². The van der Waals surface area contributed by atoms with Gasteiger partial charge in [-0.2, -0.15) is 0 Å². The number of rotatable bonds is 5. The predicted molar refractivity (Wildman–Crippen MR) is 118 cm³/mol. The van der Waals surface area contributed by atoms with Crippen LogP contribution in [0.2, 0.25) is 0 Å². The van der Waals surface area contributed by atoms with E-state index in [0.717, 1.165) is 11.1 Å². The second kappa shape index (κ2) is 8.74. The molecule has 1 aliphatic heterocycles. The first kappa shape index (κ1) is 21.4. The molecule has 4 rings (SSSR count). The standard InChI is InChI=1S/C24H24N2O6/c1-3-31-23(28)20-13-15-12-16(8-9-19(15)32-20)25-22(27)21-18(10-11-26(21)24(29)30)17-7-5-4-6-14(17)2/h4-9,12-13,18,21H,3,10-11H2,1-2H3,(H,25,27)(H,29,30)/t18-,21-/m0/s1. The molecule has 1 fully saturated rings. The van der Waals surface area contributed by atoms with Crippen molar-refractivity contribution in [2.75, 3.05) is 18.5 Å². The first-order chi connectivity index (χ1) is 15.4. The average molecular weight is 436 g/mol. The van der Waals surface area contributed by atoms with Crippen LogP contribution in [0, 0.1) is 6.92 Å². The van der Waals surface area contributed by atoms with Gasteiger partial charge in [0.25, 0.3) is 0 Å². The quantitative estimate of drug-likeness (QED) is 0.574. The molecule has 0 saturated carbocycles. The lowest BCUT2D eigenvalue weighted by Crippen LogP contribution is -2.45. The number of nitrogens with zero attached hydrogens (tertiary/aromatic N) is 1. The third-order valence-corrected chi connectivity index (χ3v) is 5.76. The number of furan rings is 1. The Balaban J connectivity index is 1.60. The number of fused-ring (bicyclic) bond motifs is 1. The van der Waals surface area contributed by atoms with Gasteiger partial charge in [-0.15, -0.1) is 0 Å². The number of benzene rings is 2. The Bertz CT molecular complexity index is 1180. The van der Waals surface area contributed by atoms with Crippen molar-refractivity contribution >= 4 is 34.6 Å². The van der Waals surface area contributed by atoms with Crippen molar-refractivity contribution in [3.8, 4) is 0 Å². The SMILES string of the molecule is CCOC(=O)c1cc2cc(NC(=O)[C@@H]3[C@H](c4ccccc4C)CCN3C(=O)O)ccc2o1. The van der Waals surface area contributed by atoms with E-state index >= 15 is 0 Å². The van der Waals surface area contributed by atoms with Gasteiger partial charge in [-0.1, -0.05) is 24.3 Å². The zero-order chi connectivity index (χ0) is 22.8. The van der Waals surface area contributed by atoms with Crippen molar-refractivity contribution in [2.45, 2.75) is 32.2 Å². The van der Waals surface area contributed by atoms with E-state index in [-0.39, 0.29) is 24.8 Å². The molecule has 0 unspecified atom stereocenters. The molecule has 3 aromatic rings. The highest BCUT2D eigenvalue weighted by molar-refractivity contribution is 6.00. The second-order valence-electron chi connectivity index (χ2n) is 7.75. The summed E-state index contributed by atoms with van der Waals surface area (Å²) < 4.78 is 10.5. The Morgan fingerprint density at radius 3 is 2.69 bits per heavy atom. The first-order valence-electron chi connectivity index (χ1n) is 10.5. The minimum Gasteiger partial charge on any atom is -0.465 e. The van der Waals surface area contributed by atoms with E-state index < -0.39 is 24.0 Å². The fraction of sp³-hybridized carbons (Fsp3) is 0.292. The van der Waals surface area contributed by atoms with E-state index in [0.29, 0.717) is 23.1 Å². The highest BCUT2D eigenvalue weighted by Gasteiger charge is 2.43. The van der Waals surface area contributed by atoms with Gasteiger partial charge in [0.15, 0.2) is 0 Å². The number of amides is 2. The number of hydrogen-bond donors (Lipinski definition) is 2. The molecule has 1 aromatic heterocycles. The fourth-order valence-corrected chi connectivity index (χ4v) is 4.30. The van der Waals surface area contributed by atoms with Crippen molar-refractivity contribution < 1.29 is 28.6 Å². The van der Waals surface area contributed by atoms with Gasteiger partial charge in [-0.3, -0.25) is 9.69 Å². The van der Waals surface area contributed by atoms with Gasteiger partial charge in [-0.25, -0.2) is 9.59 Å². The number of carboxylic acid groups (broad SMARTS) is 1. The number of nitrogens with one attached hydrogen (secondary N) is 1. The number of carbonyl (C=O) groups excluding carboxylic acids is 2. The highest BCUT2D eigenvalue weighted by Crippen LogP contribution is 2.36. The van der Waals surface area contributed by atoms with Gasteiger partial charge >= 0.3 is 12.1 Å². The number of anilines is 1. The Kier molecular flexibility index (Phi) is 5.85. The van der Waals surface area contributed by atoms with E-state index in [2.05, 4.69) is 5.32 Å². The largest absolute Gasteiger partial charge is 0.465 e. The summed E-state index contributed by atoms with van der Waals surface area (Å²) in [5, 5.41) is 13.1. The van der Waals surface area contributed by atoms with Crippen molar-refractivity contribution in [1.82, 2.24) is 4.90 Å². The van der Waals surface area contributed by atoms with Crippen molar-refractivity contribution in [3.05, 3.63) is 65.4 Å². The Labute approximate surface area is 184 Å². The van der Waals surface area contributed by atoms with Crippen molar-refractivity contribution in [1.29, 1.82) is 0 Å². The molecule has 32 heavy (non-hydrogen) atoms. The number of carbonyl (C=O) groups is 3. The molecule has 166 valence electrons. The van der Waals surface area contributed by atoms with Gasteiger partial charge in [0.05, 0.1) is 6.61 Å². The summed E-state index contributed by atoms with van der Waals surface area (Å²) in [6, 6.07) is 13.4. The second-order valence-corrected chi connectivity index (χ2v) is 7.75. The molecule has 0 aliphatic carbocycles. The van der Waals surface area contributed by atoms with Gasteiger partial charge in [0, 0.05) is 23.5 Å². The van der Waals surface area contributed by atoms with Crippen LogP contribution >= 0.6 is 0 Å². The summed E-state index contributed by atoms with van der Waals surface area (Å²) >= 11 is 0. The molecule has 2 atom stereocenters. The zero-order valence-electron chi connectivity index (χ0n) is 17.8. The van der Waals surface area contributed by atoms with Crippen LogP contribution in [0.5, 0.6) is 0 Å². The highest BCUT2D eigenvalue weighted by atomic mass is 16.5. The summed E-state index contributed by atoms with van der Waals surface area (Å²) in [5.74, 6) is -1.11. The van der Waals surface area contributed by atoms with E-state index in [4.69, 9.17) is 9.15 Å². The van der Waals surface area contributed by atoms with E-state index in [1.807, 2.05) is 31.2 Å². The minimum atomic E-state index is -1.12. The molecule has 0 bridgehead atoms. The molecule has 2 amide bonds. The van der Waals surface area contributed by atoms with E-state index in [1.54, 1.807) is 31.2 Å². The Hall–Kier alpha value is -3.81. The Morgan fingerprint density at radius 2 is 1.97 bits per heavy atom. The monoisotopic (exact) mass is 436 g/mol.